The SMILES string of the molecule is CC(C)[C@@H](C)/C=C/[C@@H](C)[C@H]1CCC2=C3C[C@H](O)[C@]45C[C@H]4CC[C@]5(C)[C@@]3(O)[C@H](O)C[C@@]21C. The van der Waals surface area contributed by atoms with Gasteiger partial charge in [0.25, 0.3) is 0 Å². The zero-order valence-electron chi connectivity index (χ0n) is 20.5. The lowest BCUT2D eigenvalue weighted by Gasteiger charge is -2.61. The van der Waals surface area contributed by atoms with Gasteiger partial charge in [0.15, 0.2) is 0 Å². The van der Waals surface area contributed by atoms with E-state index in [1.54, 1.807) is 0 Å². The number of rotatable bonds is 4. The molecule has 5 rings (SSSR count). The summed E-state index contributed by atoms with van der Waals surface area (Å²) in [5, 5.41) is 35.2. The van der Waals surface area contributed by atoms with Crippen LogP contribution in [0.5, 0.6) is 0 Å². The summed E-state index contributed by atoms with van der Waals surface area (Å²) in [5.74, 6) is 2.66. The van der Waals surface area contributed by atoms with Gasteiger partial charge >= 0.3 is 0 Å². The molecule has 1 spiro atoms. The molecule has 4 saturated carbocycles. The number of allylic oxidation sites excluding steroid dienone is 3. The van der Waals surface area contributed by atoms with Crippen LogP contribution in [0.2, 0.25) is 0 Å². The van der Waals surface area contributed by atoms with E-state index < -0.39 is 17.1 Å². The molecule has 0 heterocycles. The minimum absolute atomic E-state index is 0.0893. The van der Waals surface area contributed by atoms with E-state index in [-0.39, 0.29) is 16.9 Å². The third kappa shape index (κ3) is 2.52. The van der Waals surface area contributed by atoms with E-state index in [4.69, 9.17) is 0 Å². The summed E-state index contributed by atoms with van der Waals surface area (Å²) in [7, 11) is 0. The molecule has 0 aliphatic heterocycles. The molecule has 3 nitrogen and oxygen atoms in total. The van der Waals surface area contributed by atoms with Crippen molar-refractivity contribution in [2.45, 2.75) is 104 Å². The lowest BCUT2D eigenvalue weighted by atomic mass is 9.47. The molecule has 3 N–H and O–H groups in total. The predicted octanol–water partition coefficient (Wildman–Crippen LogP) is 5.25. The maximum absolute atomic E-state index is 12.3. The van der Waals surface area contributed by atoms with E-state index in [2.05, 4.69) is 53.7 Å². The van der Waals surface area contributed by atoms with Crippen LogP contribution in [-0.2, 0) is 0 Å². The predicted molar refractivity (Wildman–Crippen MR) is 124 cm³/mol. The Labute approximate surface area is 189 Å². The summed E-state index contributed by atoms with van der Waals surface area (Å²) in [6, 6.07) is 0. The smallest absolute Gasteiger partial charge is 0.118 e. The highest BCUT2D eigenvalue weighted by Crippen LogP contribution is 2.81. The fraction of sp³-hybridized carbons (Fsp3) is 0.857. The maximum atomic E-state index is 12.3. The Kier molecular flexibility index (Phi) is 4.79. The van der Waals surface area contributed by atoms with Gasteiger partial charge < -0.3 is 15.3 Å². The van der Waals surface area contributed by atoms with Gasteiger partial charge in [0.2, 0.25) is 0 Å². The maximum Gasteiger partial charge on any atom is 0.118 e. The van der Waals surface area contributed by atoms with Gasteiger partial charge in [0.1, 0.15) is 5.60 Å². The molecule has 174 valence electrons. The topological polar surface area (TPSA) is 60.7 Å². The van der Waals surface area contributed by atoms with Crippen LogP contribution in [0.4, 0.5) is 0 Å². The first kappa shape index (κ1) is 22.2. The Bertz CT molecular complexity index is 828. The summed E-state index contributed by atoms with van der Waals surface area (Å²) in [5.41, 5.74) is 0.585. The number of hydrogen-bond donors (Lipinski definition) is 3. The Morgan fingerprint density at radius 2 is 1.65 bits per heavy atom. The fourth-order valence-corrected chi connectivity index (χ4v) is 9.18. The first-order chi connectivity index (χ1) is 14.4. The standard InChI is InChI=1S/C28H44O3/c1-16(2)17(3)7-8-18(4)20-9-10-21-22-13-23(29)27-14-19(27)11-12-26(27,6)28(22,31)24(30)15-25(20,21)5/h7-8,16-20,23-24,29-31H,9-15H2,1-6H3/b8-7+/t17-,18+,19+,20+,23-,24+,25+,26-,27-,28-/m0/s1. The summed E-state index contributed by atoms with van der Waals surface area (Å²) >= 11 is 0. The van der Waals surface area contributed by atoms with Crippen molar-refractivity contribution in [3.8, 4) is 0 Å². The van der Waals surface area contributed by atoms with Gasteiger partial charge in [0.05, 0.1) is 12.2 Å². The van der Waals surface area contributed by atoms with Crippen LogP contribution < -0.4 is 0 Å². The van der Waals surface area contributed by atoms with E-state index >= 15 is 0 Å². The minimum atomic E-state index is -1.16. The molecule has 5 aliphatic carbocycles. The van der Waals surface area contributed by atoms with Gasteiger partial charge in [0, 0.05) is 10.8 Å². The van der Waals surface area contributed by atoms with Crippen molar-refractivity contribution in [2.75, 3.05) is 0 Å². The molecule has 0 saturated heterocycles. The summed E-state index contributed by atoms with van der Waals surface area (Å²) in [4.78, 5) is 0. The van der Waals surface area contributed by atoms with Crippen molar-refractivity contribution in [2.24, 2.45) is 45.8 Å². The normalized spacial score (nSPS) is 52.7. The molecule has 0 aromatic carbocycles. The Hall–Kier alpha value is -0.640. The zero-order valence-corrected chi connectivity index (χ0v) is 20.5. The second kappa shape index (κ2) is 6.70. The van der Waals surface area contributed by atoms with Gasteiger partial charge in [-0.25, -0.2) is 0 Å². The molecule has 0 aromatic rings. The largest absolute Gasteiger partial charge is 0.392 e. The molecule has 0 unspecified atom stereocenters. The third-order valence-corrected chi connectivity index (χ3v) is 11.5. The van der Waals surface area contributed by atoms with E-state index in [1.807, 2.05) is 0 Å². The molecule has 10 atom stereocenters. The zero-order chi connectivity index (χ0) is 22.6. The van der Waals surface area contributed by atoms with Crippen LogP contribution in [0.1, 0.15) is 86.5 Å². The van der Waals surface area contributed by atoms with Crippen molar-refractivity contribution in [3.63, 3.8) is 0 Å². The highest BCUT2D eigenvalue weighted by Gasteiger charge is 2.81. The molecule has 0 radical (unpaired) electrons. The second-order valence-corrected chi connectivity index (χ2v) is 12.9. The first-order valence-electron chi connectivity index (χ1n) is 12.9. The molecular formula is C28H44O3. The molecule has 0 amide bonds. The van der Waals surface area contributed by atoms with Gasteiger partial charge in [-0.05, 0) is 85.5 Å². The average Bonchev–Trinajstić information content (AvgIpc) is 3.24. The average molecular weight is 429 g/mol. The van der Waals surface area contributed by atoms with Gasteiger partial charge in [-0.2, -0.15) is 0 Å². The second-order valence-electron chi connectivity index (χ2n) is 12.9. The summed E-state index contributed by atoms with van der Waals surface area (Å²) < 4.78 is 0. The molecule has 3 heteroatoms. The van der Waals surface area contributed by atoms with Crippen molar-refractivity contribution in [3.05, 3.63) is 23.3 Å². The molecule has 5 aliphatic rings. The summed E-state index contributed by atoms with van der Waals surface area (Å²) in [6.45, 7) is 13.7. The van der Waals surface area contributed by atoms with Crippen LogP contribution in [0.15, 0.2) is 23.3 Å². The minimum Gasteiger partial charge on any atom is -0.392 e. The molecule has 0 bridgehead atoms. The van der Waals surface area contributed by atoms with Crippen molar-refractivity contribution < 1.29 is 15.3 Å². The van der Waals surface area contributed by atoms with Crippen LogP contribution in [0.25, 0.3) is 0 Å². The quantitative estimate of drug-likeness (QED) is 0.536. The van der Waals surface area contributed by atoms with Gasteiger partial charge in [-0.15, -0.1) is 0 Å². The van der Waals surface area contributed by atoms with Crippen molar-refractivity contribution in [1.82, 2.24) is 0 Å². The van der Waals surface area contributed by atoms with Crippen molar-refractivity contribution in [1.29, 1.82) is 0 Å². The Morgan fingerprint density at radius 3 is 2.29 bits per heavy atom. The highest BCUT2D eigenvalue weighted by molar-refractivity contribution is 5.47. The number of aliphatic hydroxyl groups excluding tert-OH is 2. The Morgan fingerprint density at radius 1 is 0.935 bits per heavy atom. The first-order valence-corrected chi connectivity index (χ1v) is 12.9. The monoisotopic (exact) mass is 428 g/mol. The molecular weight excluding hydrogens is 384 g/mol. The van der Waals surface area contributed by atoms with Crippen LogP contribution in [0, 0.1) is 45.8 Å². The van der Waals surface area contributed by atoms with E-state index in [0.29, 0.717) is 42.4 Å². The molecule has 31 heavy (non-hydrogen) atoms. The number of fused-ring (bicyclic) bond motifs is 3. The fourth-order valence-electron chi connectivity index (χ4n) is 9.18. The number of hydrogen-bond acceptors (Lipinski definition) is 3. The summed E-state index contributed by atoms with van der Waals surface area (Å²) in [6.07, 6.45) is 10.0. The highest BCUT2D eigenvalue weighted by atomic mass is 16.3. The molecule has 4 fully saturated rings. The third-order valence-electron chi connectivity index (χ3n) is 11.5. The van der Waals surface area contributed by atoms with E-state index in [0.717, 1.165) is 37.7 Å². The van der Waals surface area contributed by atoms with E-state index in [9.17, 15) is 15.3 Å². The Balaban J connectivity index is 1.53. The van der Waals surface area contributed by atoms with Crippen LogP contribution >= 0.6 is 0 Å². The van der Waals surface area contributed by atoms with Crippen LogP contribution in [0.3, 0.4) is 0 Å². The van der Waals surface area contributed by atoms with Crippen LogP contribution in [-0.4, -0.2) is 33.1 Å². The molecule has 0 aromatic heterocycles. The van der Waals surface area contributed by atoms with Gasteiger partial charge in [-0.1, -0.05) is 59.3 Å². The number of aliphatic hydroxyl groups is 3. The van der Waals surface area contributed by atoms with Gasteiger partial charge in [-0.3, -0.25) is 0 Å². The lowest BCUT2D eigenvalue weighted by molar-refractivity contribution is -0.205. The van der Waals surface area contributed by atoms with Crippen molar-refractivity contribution >= 4 is 0 Å². The lowest BCUT2D eigenvalue weighted by Crippen LogP contribution is -2.67. The van der Waals surface area contributed by atoms with E-state index in [1.165, 1.54) is 5.57 Å².